The van der Waals surface area contributed by atoms with Crippen molar-refractivity contribution in [3.63, 3.8) is 0 Å². The second kappa shape index (κ2) is 7.19. The second-order valence-electron chi connectivity index (χ2n) is 3.41. The van der Waals surface area contributed by atoms with Crippen molar-refractivity contribution in [1.82, 2.24) is 0 Å². The molecule has 1 aromatic carbocycles. The first-order valence-electron chi connectivity index (χ1n) is 4.98. The Morgan fingerprint density at radius 1 is 1.00 bits per heavy atom. The van der Waals surface area contributed by atoms with Crippen LogP contribution in [-0.4, -0.2) is 5.11 Å². The predicted molar refractivity (Wildman–Crippen MR) is 62.7 cm³/mol. The molecule has 1 aromatic rings. The van der Waals surface area contributed by atoms with E-state index in [1.54, 1.807) is 12.1 Å². The van der Waals surface area contributed by atoms with E-state index < -0.39 is 0 Å². The molecule has 14 heavy (non-hydrogen) atoms. The molecule has 0 atom stereocenters. The fourth-order valence-electron chi connectivity index (χ4n) is 0.859. The number of allylic oxidation sites excluding steroid dienone is 2. The van der Waals surface area contributed by atoms with Crippen LogP contribution >= 0.6 is 0 Å². The Kier molecular flexibility index (Phi) is 6.55. The summed E-state index contributed by atoms with van der Waals surface area (Å²) in [5.74, 6) is 0.880. The Hall–Kier alpha value is -1.24. The first kappa shape index (κ1) is 12.8. The summed E-state index contributed by atoms with van der Waals surface area (Å²) >= 11 is 0. The average molecular weight is 192 g/mol. The first-order valence-corrected chi connectivity index (χ1v) is 4.98. The molecule has 0 aliphatic heterocycles. The molecule has 0 aromatic heterocycles. The van der Waals surface area contributed by atoms with Crippen LogP contribution in [0.2, 0.25) is 0 Å². The van der Waals surface area contributed by atoms with Crippen LogP contribution in [0.3, 0.4) is 0 Å². The van der Waals surface area contributed by atoms with E-state index in [2.05, 4.69) is 13.8 Å². The number of hydrogen-bond donors (Lipinski definition) is 1. The van der Waals surface area contributed by atoms with E-state index in [0.717, 1.165) is 0 Å². The van der Waals surface area contributed by atoms with Crippen LogP contribution in [0.4, 0.5) is 0 Å². The van der Waals surface area contributed by atoms with E-state index in [-0.39, 0.29) is 0 Å². The maximum atomic E-state index is 8.94. The molecule has 78 valence electrons. The molecule has 1 rings (SSSR count). The van der Waals surface area contributed by atoms with Gasteiger partial charge in [0, 0.05) is 0 Å². The Bertz CT molecular complexity index is 253. The van der Waals surface area contributed by atoms with Crippen LogP contribution in [0.25, 0.3) is 0 Å². The van der Waals surface area contributed by atoms with Crippen molar-refractivity contribution in [2.24, 2.45) is 0 Å². The SMILES string of the molecule is C/C=C/C.CC(C)c1ccc(O)cc1. The van der Waals surface area contributed by atoms with Gasteiger partial charge in [0.1, 0.15) is 5.75 Å². The lowest BCUT2D eigenvalue weighted by Gasteiger charge is -2.03. The van der Waals surface area contributed by atoms with Crippen molar-refractivity contribution >= 4 is 0 Å². The molecule has 0 spiro atoms. The number of rotatable bonds is 1. The summed E-state index contributed by atoms with van der Waals surface area (Å²) in [5.41, 5.74) is 1.26. The Balaban J connectivity index is 0.000000364. The molecule has 0 aliphatic rings. The number of hydrogen-bond acceptors (Lipinski definition) is 1. The van der Waals surface area contributed by atoms with Crippen LogP contribution in [0.1, 0.15) is 39.2 Å². The third-order valence-electron chi connectivity index (χ3n) is 1.89. The standard InChI is InChI=1S/C9H12O.C4H8/c1-7(2)8-3-5-9(10)6-4-8;1-3-4-2/h3-7,10H,1-2H3;3-4H,1-2H3/b;4-3+. The maximum absolute atomic E-state index is 8.94. The molecule has 0 saturated heterocycles. The second-order valence-corrected chi connectivity index (χ2v) is 3.41. The average Bonchev–Trinajstić information content (AvgIpc) is 2.19. The number of phenolic OH excluding ortho intramolecular Hbond substituents is 1. The Morgan fingerprint density at radius 3 is 1.71 bits per heavy atom. The summed E-state index contributed by atoms with van der Waals surface area (Å²) in [6.45, 7) is 8.26. The lowest BCUT2D eigenvalue weighted by Crippen LogP contribution is -1.84. The fraction of sp³-hybridized carbons (Fsp3) is 0.385. The van der Waals surface area contributed by atoms with Crippen molar-refractivity contribution in [3.05, 3.63) is 42.0 Å². The molecule has 1 nitrogen and oxygen atoms in total. The lowest BCUT2D eigenvalue weighted by molar-refractivity contribution is 0.475. The van der Waals surface area contributed by atoms with Gasteiger partial charge in [0.15, 0.2) is 0 Å². The van der Waals surface area contributed by atoms with Crippen LogP contribution in [-0.2, 0) is 0 Å². The maximum Gasteiger partial charge on any atom is 0.115 e. The van der Waals surface area contributed by atoms with Gasteiger partial charge in [-0.05, 0) is 37.5 Å². The van der Waals surface area contributed by atoms with Crippen molar-refractivity contribution in [1.29, 1.82) is 0 Å². The van der Waals surface area contributed by atoms with Gasteiger partial charge >= 0.3 is 0 Å². The number of benzene rings is 1. The van der Waals surface area contributed by atoms with Crippen molar-refractivity contribution in [2.45, 2.75) is 33.6 Å². The van der Waals surface area contributed by atoms with Crippen LogP contribution in [0.5, 0.6) is 5.75 Å². The van der Waals surface area contributed by atoms with Gasteiger partial charge in [-0.3, -0.25) is 0 Å². The van der Waals surface area contributed by atoms with Gasteiger partial charge in [0.25, 0.3) is 0 Å². The molecule has 0 amide bonds. The van der Waals surface area contributed by atoms with Crippen molar-refractivity contribution < 1.29 is 5.11 Å². The number of phenols is 1. The third kappa shape index (κ3) is 5.41. The highest BCUT2D eigenvalue weighted by atomic mass is 16.3. The molecule has 0 saturated carbocycles. The molecule has 0 radical (unpaired) electrons. The highest BCUT2D eigenvalue weighted by Crippen LogP contribution is 2.16. The van der Waals surface area contributed by atoms with Crippen molar-refractivity contribution in [3.8, 4) is 5.75 Å². The highest BCUT2D eigenvalue weighted by Gasteiger charge is 1.96. The van der Waals surface area contributed by atoms with Gasteiger partial charge in [-0.2, -0.15) is 0 Å². The Labute approximate surface area is 87.1 Å². The monoisotopic (exact) mass is 192 g/mol. The van der Waals surface area contributed by atoms with Gasteiger partial charge in [-0.1, -0.05) is 38.1 Å². The summed E-state index contributed by atoms with van der Waals surface area (Å²) in [5, 5.41) is 8.94. The van der Waals surface area contributed by atoms with E-state index in [1.165, 1.54) is 5.56 Å². The van der Waals surface area contributed by atoms with Crippen molar-refractivity contribution in [2.75, 3.05) is 0 Å². The normalized spacial score (nSPS) is 10.1. The zero-order chi connectivity index (χ0) is 11.0. The minimum Gasteiger partial charge on any atom is -0.508 e. The molecule has 0 aliphatic carbocycles. The molecular weight excluding hydrogens is 172 g/mol. The van der Waals surface area contributed by atoms with E-state index in [9.17, 15) is 0 Å². The molecule has 1 N–H and O–H groups in total. The molecular formula is C13H20O. The predicted octanol–water partition coefficient (Wildman–Crippen LogP) is 4.10. The van der Waals surface area contributed by atoms with Gasteiger partial charge in [0.05, 0.1) is 0 Å². The van der Waals surface area contributed by atoms with E-state index in [1.807, 2.05) is 38.1 Å². The van der Waals surface area contributed by atoms with Gasteiger partial charge in [0.2, 0.25) is 0 Å². The fourth-order valence-corrected chi connectivity index (χ4v) is 0.859. The quantitative estimate of drug-likeness (QED) is 0.664. The van der Waals surface area contributed by atoms with Crippen LogP contribution in [0, 0.1) is 0 Å². The first-order chi connectivity index (χ1) is 6.61. The highest BCUT2D eigenvalue weighted by molar-refractivity contribution is 5.27. The molecule has 0 unspecified atom stereocenters. The number of aromatic hydroxyl groups is 1. The van der Waals surface area contributed by atoms with E-state index >= 15 is 0 Å². The molecule has 0 heterocycles. The topological polar surface area (TPSA) is 20.2 Å². The summed E-state index contributed by atoms with van der Waals surface area (Å²) in [6.07, 6.45) is 4.00. The largest absolute Gasteiger partial charge is 0.508 e. The van der Waals surface area contributed by atoms with Gasteiger partial charge in [-0.25, -0.2) is 0 Å². The third-order valence-corrected chi connectivity index (χ3v) is 1.89. The van der Waals surface area contributed by atoms with Crippen LogP contribution in [0.15, 0.2) is 36.4 Å². The zero-order valence-electron chi connectivity index (χ0n) is 9.49. The molecule has 1 heteroatoms. The van der Waals surface area contributed by atoms with E-state index in [4.69, 9.17) is 5.11 Å². The molecule has 0 bridgehead atoms. The zero-order valence-corrected chi connectivity index (χ0v) is 9.49. The summed E-state index contributed by atoms with van der Waals surface area (Å²) in [7, 11) is 0. The van der Waals surface area contributed by atoms with Gasteiger partial charge in [-0.15, -0.1) is 0 Å². The summed E-state index contributed by atoms with van der Waals surface area (Å²) in [6, 6.07) is 7.32. The summed E-state index contributed by atoms with van der Waals surface area (Å²) in [4.78, 5) is 0. The lowest BCUT2D eigenvalue weighted by atomic mass is 10.0. The minimum atomic E-state index is 0.337. The summed E-state index contributed by atoms with van der Waals surface area (Å²) < 4.78 is 0. The van der Waals surface area contributed by atoms with Gasteiger partial charge < -0.3 is 5.11 Å². The smallest absolute Gasteiger partial charge is 0.115 e. The molecule has 0 fully saturated rings. The van der Waals surface area contributed by atoms with Crippen LogP contribution < -0.4 is 0 Å². The Morgan fingerprint density at radius 2 is 1.43 bits per heavy atom. The minimum absolute atomic E-state index is 0.337. The van der Waals surface area contributed by atoms with E-state index in [0.29, 0.717) is 11.7 Å².